The molecule has 0 bridgehead atoms. The SMILES string of the molecule is C=CC[C@]12CC[C@@H]3C(CC[C@@]4(C)C3CC[C@@H]4C(C)(C)C#N)[C@H]1CC[C@H](COC)C2. The minimum absolute atomic E-state index is 0.185. The lowest BCUT2D eigenvalue weighted by molar-refractivity contribution is -0.119. The molecule has 0 N–H and O–H groups in total. The maximum absolute atomic E-state index is 9.84. The van der Waals surface area contributed by atoms with Crippen LogP contribution < -0.4 is 0 Å². The summed E-state index contributed by atoms with van der Waals surface area (Å²) in [5, 5.41) is 9.84. The third-order valence-corrected chi connectivity index (χ3v) is 10.5. The van der Waals surface area contributed by atoms with Crippen molar-refractivity contribution in [3.63, 3.8) is 0 Å². The Morgan fingerprint density at radius 3 is 2.45 bits per heavy atom. The standard InChI is InChI=1S/C27H43NO/c1-6-13-27-15-12-20-21(23(27)8-7-19(16-27)17-29-5)11-14-26(4)22(20)9-10-24(26)25(2,3)18-28/h6,19-24H,1,7-17H2,2-5H3/t19-,20+,21?,22?,23+,24+,26-,27+/m0/s1. The molecule has 2 nitrogen and oxygen atoms in total. The summed E-state index contributed by atoms with van der Waals surface area (Å²) in [6.45, 7) is 12.1. The van der Waals surface area contributed by atoms with Crippen LogP contribution in [0.1, 0.15) is 85.0 Å². The molecule has 8 atom stereocenters. The molecule has 0 aromatic rings. The number of nitriles is 1. The number of allylic oxidation sites excluding steroid dienone is 1. The van der Waals surface area contributed by atoms with E-state index in [4.69, 9.17) is 4.74 Å². The Hall–Kier alpha value is -0.810. The van der Waals surface area contributed by atoms with Gasteiger partial charge in [-0.15, -0.1) is 6.58 Å². The van der Waals surface area contributed by atoms with Gasteiger partial charge in [-0.1, -0.05) is 13.0 Å². The molecule has 162 valence electrons. The molecule has 29 heavy (non-hydrogen) atoms. The lowest BCUT2D eigenvalue weighted by Gasteiger charge is -2.61. The van der Waals surface area contributed by atoms with Crippen LogP contribution in [-0.4, -0.2) is 13.7 Å². The molecular weight excluding hydrogens is 354 g/mol. The molecule has 0 amide bonds. The quantitative estimate of drug-likeness (QED) is 0.467. The lowest BCUT2D eigenvalue weighted by Crippen LogP contribution is -2.53. The predicted octanol–water partition coefficient (Wildman–Crippen LogP) is 7.01. The average Bonchev–Trinajstić information content (AvgIpc) is 3.06. The van der Waals surface area contributed by atoms with E-state index in [0.717, 1.165) is 36.2 Å². The molecule has 0 aliphatic heterocycles. The van der Waals surface area contributed by atoms with Crippen molar-refractivity contribution in [2.24, 2.45) is 51.8 Å². The summed E-state index contributed by atoms with van der Waals surface area (Å²) < 4.78 is 5.56. The molecule has 0 spiro atoms. The number of nitrogens with zero attached hydrogens (tertiary/aromatic N) is 1. The van der Waals surface area contributed by atoms with Gasteiger partial charge in [-0.2, -0.15) is 5.26 Å². The van der Waals surface area contributed by atoms with Gasteiger partial charge in [0.25, 0.3) is 0 Å². The van der Waals surface area contributed by atoms with Crippen LogP contribution in [0.2, 0.25) is 0 Å². The van der Waals surface area contributed by atoms with E-state index in [9.17, 15) is 5.26 Å². The van der Waals surface area contributed by atoms with Crippen molar-refractivity contribution in [2.75, 3.05) is 13.7 Å². The van der Waals surface area contributed by atoms with E-state index in [1.807, 2.05) is 7.11 Å². The third-order valence-electron chi connectivity index (χ3n) is 10.5. The zero-order valence-corrected chi connectivity index (χ0v) is 19.4. The van der Waals surface area contributed by atoms with E-state index < -0.39 is 0 Å². The summed E-state index contributed by atoms with van der Waals surface area (Å²) in [6.07, 6.45) is 15.7. The van der Waals surface area contributed by atoms with Crippen LogP contribution in [0, 0.1) is 63.1 Å². The van der Waals surface area contributed by atoms with Crippen LogP contribution in [-0.2, 0) is 4.74 Å². The van der Waals surface area contributed by atoms with Crippen LogP contribution >= 0.6 is 0 Å². The molecule has 0 heterocycles. The van der Waals surface area contributed by atoms with E-state index in [1.165, 1.54) is 64.2 Å². The normalized spacial score (nSPS) is 46.9. The second kappa shape index (κ2) is 7.71. The fourth-order valence-corrected chi connectivity index (χ4v) is 9.46. The number of fused-ring (bicyclic) bond motifs is 5. The Morgan fingerprint density at radius 2 is 1.76 bits per heavy atom. The maximum Gasteiger partial charge on any atom is 0.0687 e. The molecule has 4 fully saturated rings. The highest BCUT2D eigenvalue weighted by Gasteiger charge is 2.61. The van der Waals surface area contributed by atoms with E-state index in [2.05, 4.69) is 39.5 Å². The zero-order chi connectivity index (χ0) is 20.9. The minimum atomic E-state index is -0.185. The summed E-state index contributed by atoms with van der Waals surface area (Å²) in [4.78, 5) is 0. The van der Waals surface area contributed by atoms with Gasteiger partial charge < -0.3 is 4.74 Å². The number of hydrogen-bond acceptors (Lipinski definition) is 2. The van der Waals surface area contributed by atoms with Crippen LogP contribution in [0.15, 0.2) is 12.7 Å². The van der Waals surface area contributed by atoms with Crippen molar-refractivity contribution in [1.82, 2.24) is 0 Å². The molecule has 4 saturated carbocycles. The average molecular weight is 398 g/mol. The Balaban J connectivity index is 1.58. The van der Waals surface area contributed by atoms with Crippen molar-refractivity contribution in [1.29, 1.82) is 5.26 Å². The highest BCUT2D eigenvalue weighted by atomic mass is 16.5. The first-order chi connectivity index (χ1) is 13.8. The Morgan fingerprint density at radius 1 is 1.07 bits per heavy atom. The zero-order valence-electron chi connectivity index (χ0n) is 19.4. The maximum atomic E-state index is 9.84. The van der Waals surface area contributed by atoms with Gasteiger partial charge in [0.15, 0.2) is 0 Å². The summed E-state index contributed by atoms with van der Waals surface area (Å²) >= 11 is 0. The Kier molecular flexibility index (Phi) is 5.69. The first kappa shape index (κ1) is 21.4. The van der Waals surface area contributed by atoms with Crippen molar-refractivity contribution >= 4 is 0 Å². The Labute approximate surface area is 179 Å². The molecule has 4 aliphatic carbocycles. The number of ether oxygens (including phenoxy) is 1. The molecule has 0 saturated heterocycles. The first-order valence-corrected chi connectivity index (χ1v) is 12.3. The van der Waals surface area contributed by atoms with Crippen molar-refractivity contribution in [2.45, 2.75) is 85.0 Å². The minimum Gasteiger partial charge on any atom is -0.384 e. The van der Waals surface area contributed by atoms with Crippen LogP contribution in [0.3, 0.4) is 0 Å². The largest absolute Gasteiger partial charge is 0.384 e. The summed E-state index contributed by atoms with van der Waals surface area (Å²) in [5.41, 5.74) is 0.684. The van der Waals surface area contributed by atoms with E-state index in [0.29, 0.717) is 16.7 Å². The second-order valence-electron chi connectivity index (χ2n) is 12.0. The van der Waals surface area contributed by atoms with Crippen molar-refractivity contribution in [3.05, 3.63) is 12.7 Å². The molecule has 2 heteroatoms. The van der Waals surface area contributed by atoms with Gasteiger partial charge in [-0.05, 0) is 124 Å². The molecule has 0 aromatic carbocycles. The number of rotatable bonds is 5. The van der Waals surface area contributed by atoms with Crippen molar-refractivity contribution < 1.29 is 4.74 Å². The smallest absolute Gasteiger partial charge is 0.0687 e. The second-order valence-corrected chi connectivity index (χ2v) is 12.0. The molecule has 2 unspecified atom stereocenters. The van der Waals surface area contributed by atoms with E-state index in [1.54, 1.807) is 0 Å². The first-order valence-electron chi connectivity index (χ1n) is 12.3. The van der Waals surface area contributed by atoms with Crippen LogP contribution in [0.25, 0.3) is 0 Å². The van der Waals surface area contributed by atoms with Crippen molar-refractivity contribution in [3.8, 4) is 6.07 Å². The van der Waals surface area contributed by atoms with Gasteiger partial charge in [0.1, 0.15) is 0 Å². The van der Waals surface area contributed by atoms with Gasteiger partial charge in [-0.3, -0.25) is 0 Å². The fraction of sp³-hybridized carbons (Fsp3) is 0.889. The third kappa shape index (κ3) is 3.31. The predicted molar refractivity (Wildman–Crippen MR) is 119 cm³/mol. The van der Waals surface area contributed by atoms with Crippen LogP contribution in [0.5, 0.6) is 0 Å². The lowest BCUT2D eigenvalue weighted by atomic mass is 9.44. The summed E-state index contributed by atoms with van der Waals surface area (Å²) in [5.74, 6) is 4.86. The van der Waals surface area contributed by atoms with Crippen LogP contribution in [0.4, 0.5) is 0 Å². The molecule has 0 aromatic heterocycles. The van der Waals surface area contributed by atoms with Gasteiger partial charge in [0.05, 0.1) is 11.5 Å². The van der Waals surface area contributed by atoms with Gasteiger partial charge in [0, 0.05) is 13.7 Å². The molecule has 4 rings (SSSR count). The highest BCUT2D eigenvalue weighted by Crippen LogP contribution is 2.69. The monoisotopic (exact) mass is 397 g/mol. The van der Waals surface area contributed by atoms with Gasteiger partial charge >= 0.3 is 0 Å². The Bertz CT molecular complexity index is 662. The van der Waals surface area contributed by atoms with Gasteiger partial charge in [-0.25, -0.2) is 0 Å². The molecule has 0 radical (unpaired) electrons. The molecule has 4 aliphatic rings. The number of hydrogen-bond donors (Lipinski definition) is 0. The van der Waals surface area contributed by atoms with E-state index >= 15 is 0 Å². The topological polar surface area (TPSA) is 33.0 Å². The van der Waals surface area contributed by atoms with E-state index in [-0.39, 0.29) is 5.41 Å². The summed E-state index contributed by atoms with van der Waals surface area (Å²) in [7, 11) is 1.87. The highest BCUT2D eigenvalue weighted by molar-refractivity contribution is 5.14. The number of methoxy groups -OCH3 is 1. The fourth-order valence-electron chi connectivity index (χ4n) is 9.46. The summed E-state index contributed by atoms with van der Waals surface area (Å²) in [6, 6.07) is 2.68. The molecular formula is C27H43NO. The van der Waals surface area contributed by atoms with Gasteiger partial charge in [0.2, 0.25) is 0 Å².